The lowest BCUT2D eigenvalue weighted by molar-refractivity contribution is 0.0108. The van der Waals surface area contributed by atoms with E-state index in [1.165, 1.54) is 11.3 Å². The van der Waals surface area contributed by atoms with E-state index in [0.29, 0.717) is 6.42 Å². The second-order valence-corrected chi connectivity index (χ2v) is 4.12. The predicted octanol–water partition coefficient (Wildman–Crippen LogP) is 2.26. The summed E-state index contributed by atoms with van der Waals surface area (Å²) in [6.45, 7) is -0.303. The maximum Gasteiger partial charge on any atom is 0.261 e. The summed E-state index contributed by atoms with van der Waals surface area (Å²) in [5, 5.41) is 8.53. The van der Waals surface area contributed by atoms with Crippen LogP contribution >= 0.6 is 11.3 Å². The van der Waals surface area contributed by atoms with E-state index in [0.717, 1.165) is 9.75 Å². The first-order valence-electron chi connectivity index (χ1n) is 4.76. The number of aliphatic hydroxyl groups is 1. The number of halogens is 2. The van der Waals surface area contributed by atoms with Gasteiger partial charge in [0.25, 0.3) is 6.43 Å². The van der Waals surface area contributed by atoms with Crippen molar-refractivity contribution >= 4 is 11.3 Å². The Hall–Kier alpha value is -0.960. The van der Waals surface area contributed by atoms with Crippen LogP contribution in [0, 0.1) is 11.8 Å². The molecule has 1 aromatic heterocycles. The molecule has 88 valence electrons. The molecular weight excluding hydrogens is 234 g/mol. The number of thiophene rings is 1. The minimum atomic E-state index is -2.43. The van der Waals surface area contributed by atoms with Gasteiger partial charge in [0.2, 0.25) is 0 Å². The lowest BCUT2D eigenvalue weighted by Crippen LogP contribution is -2.03. The predicted molar refractivity (Wildman–Crippen MR) is 58.6 cm³/mol. The van der Waals surface area contributed by atoms with E-state index < -0.39 is 13.0 Å². The fourth-order valence-electron chi connectivity index (χ4n) is 0.977. The van der Waals surface area contributed by atoms with Crippen LogP contribution in [0.3, 0.4) is 0 Å². The van der Waals surface area contributed by atoms with Gasteiger partial charge in [-0.25, -0.2) is 8.78 Å². The van der Waals surface area contributed by atoms with Gasteiger partial charge in [-0.15, -0.1) is 11.3 Å². The minimum Gasteiger partial charge on any atom is -0.395 e. The van der Waals surface area contributed by atoms with Crippen molar-refractivity contribution < 1.29 is 18.6 Å². The fourth-order valence-corrected chi connectivity index (χ4v) is 1.80. The molecule has 2 nitrogen and oxygen atoms in total. The van der Waals surface area contributed by atoms with Crippen molar-refractivity contribution in [3.8, 4) is 11.8 Å². The highest BCUT2D eigenvalue weighted by Crippen LogP contribution is 2.16. The van der Waals surface area contributed by atoms with Crippen molar-refractivity contribution in [2.24, 2.45) is 0 Å². The van der Waals surface area contributed by atoms with Crippen LogP contribution in [-0.4, -0.2) is 24.7 Å². The van der Waals surface area contributed by atoms with E-state index >= 15 is 0 Å². The Morgan fingerprint density at radius 1 is 1.44 bits per heavy atom. The molecule has 0 radical (unpaired) electrons. The molecule has 1 rings (SSSR count). The molecule has 1 heterocycles. The van der Waals surface area contributed by atoms with Gasteiger partial charge < -0.3 is 9.84 Å². The standard InChI is InChI=1S/C11H12F2O2S/c12-11(13)8-15-7-10-5-4-9(16-10)3-1-2-6-14/h4-5,11,14H,2,6-8H2. The third-order valence-corrected chi connectivity index (χ3v) is 2.57. The zero-order valence-corrected chi connectivity index (χ0v) is 9.40. The first-order valence-corrected chi connectivity index (χ1v) is 5.58. The van der Waals surface area contributed by atoms with Gasteiger partial charge >= 0.3 is 0 Å². The summed E-state index contributed by atoms with van der Waals surface area (Å²) in [5.41, 5.74) is 0. The van der Waals surface area contributed by atoms with Crippen LogP contribution in [0.5, 0.6) is 0 Å². The van der Waals surface area contributed by atoms with Crippen molar-refractivity contribution in [3.63, 3.8) is 0 Å². The normalized spacial score (nSPS) is 10.2. The van der Waals surface area contributed by atoms with Gasteiger partial charge in [0.05, 0.1) is 18.1 Å². The van der Waals surface area contributed by atoms with E-state index in [2.05, 4.69) is 11.8 Å². The van der Waals surface area contributed by atoms with E-state index in [1.807, 2.05) is 6.07 Å². The number of rotatable bonds is 5. The Morgan fingerprint density at radius 2 is 2.25 bits per heavy atom. The maximum absolute atomic E-state index is 11.8. The SMILES string of the molecule is OCCC#Cc1ccc(COCC(F)F)s1. The molecule has 5 heteroatoms. The zero-order chi connectivity index (χ0) is 11.8. The van der Waals surface area contributed by atoms with Crippen LogP contribution in [0.25, 0.3) is 0 Å². The maximum atomic E-state index is 11.8. The minimum absolute atomic E-state index is 0.0444. The number of ether oxygens (including phenoxy) is 1. The highest BCUT2D eigenvalue weighted by Gasteiger charge is 2.03. The van der Waals surface area contributed by atoms with Gasteiger partial charge in [0.15, 0.2) is 0 Å². The summed E-state index contributed by atoms with van der Waals surface area (Å²) in [5.74, 6) is 5.66. The smallest absolute Gasteiger partial charge is 0.261 e. The third kappa shape index (κ3) is 5.21. The molecule has 0 amide bonds. The molecule has 0 fully saturated rings. The largest absolute Gasteiger partial charge is 0.395 e. The average Bonchev–Trinajstić information content (AvgIpc) is 2.66. The first-order chi connectivity index (χ1) is 7.72. The zero-order valence-electron chi connectivity index (χ0n) is 8.58. The molecule has 0 spiro atoms. The molecule has 0 atom stereocenters. The van der Waals surface area contributed by atoms with E-state index in [4.69, 9.17) is 9.84 Å². The molecule has 0 saturated heterocycles. The molecule has 0 bridgehead atoms. The lowest BCUT2D eigenvalue weighted by atomic mass is 10.4. The molecule has 0 aliphatic rings. The van der Waals surface area contributed by atoms with Gasteiger partial charge in [-0.1, -0.05) is 11.8 Å². The Labute approximate surface area is 96.9 Å². The van der Waals surface area contributed by atoms with E-state index in [-0.39, 0.29) is 13.2 Å². The molecule has 0 unspecified atom stereocenters. The van der Waals surface area contributed by atoms with Crippen molar-refractivity contribution in [2.75, 3.05) is 13.2 Å². The lowest BCUT2D eigenvalue weighted by Gasteiger charge is -1.99. The average molecular weight is 246 g/mol. The van der Waals surface area contributed by atoms with Crippen molar-refractivity contribution in [2.45, 2.75) is 19.5 Å². The first kappa shape index (κ1) is 13.1. The summed E-state index contributed by atoms with van der Waals surface area (Å²) >= 11 is 1.41. The highest BCUT2D eigenvalue weighted by molar-refractivity contribution is 7.12. The van der Waals surface area contributed by atoms with E-state index in [9.17, 15) is 8.78 Å². The van der Waals surface area contributed by atoms with Gasteiger partial charge in [-0.3, -0.25) is 0 Å². The highest BCUT2D eigenvalue weighted by atomic mass is 32.1. The van der Waals surface area contributed by atoms with Crippen LogP contribution < -0.4 is 0 Å². The van der Waals surface area contributed by atoms with Gasteiger partial charge in [-0.2, -0.15) is 0 Å². The van der Waals surface area contributed by atoms with E-state index in [1.54, 1.807) is 6.07 Å². The Kier molecular flexibility index (Phi) is 6.01. The second kappa shape index (κ2) is 7.34. The number of aliphatic hydroxyl groups excluding tert-OH is 1. The monoisotopic (exact) mass is 246 g/mol. The summed E-state index contributed by atoms with van der Waals surface area (Å²) < 4.78 is 28.4. The number of hydrogen-bond donors (Lipinski definition) is 1. The molecular formula is C11H12F2O2S. The molecule has 0 aromatic carbocycles. The quantitative estimate of drug-likeness (QED) is 0.807. The van der Waals surface area contributed by atoms with Gasteiger partial charge in [-0.05, 0) is 12.1 Å². The fraction of sp³-hybridized carbons (Fsp3) is 0.455. The number of hydrogen-bond acceptors (Lipinski definition) is 3. The molecule has 0 aliphatic heterocycles. The van der Waals surface area contributed by atoms with Gasteiger partial charge in [0.1, 0.15) is 6.61 Å². The van der Waals surface area contributed by atoms with Crippen LogP contribution in [0.4, 0.5) is 8.78 Å². The van der Waals surface area contributed by atoms with Crippen LogP contribution in [0.15, 0.2) is 12.1 Å². The van der Waals surface area contributed by atoms with Crippen molar-refractivity contribution in [1.29, 1.82) is 0 Å². The molecule has 0 aliphatic carbocycles. The molecule has 1 aromatic rings. The second-order valence-electron chi connectivity index (χ2n) is 2.95. The third-order valence-electron chi connectivity index (χ3n) is 1.60. The summed E-state index contributed by atoms with van der Waals surface area (Å²) in [6, 6.07) is 3.62. The van der Waals surface area contributed by atoms with Crippen LogP contribution in [0.2, 0.25) is 0 Å². The van der Waals surface area contributed by atoms with Crippen molar-refractivity contribution in [1.82, 2.24) is 0 Å². The summed E-state index contributed by atoms with van der Waals surface area (Å²) in [6.07, 6.45) is -1.99. The van der Waals surface area contributed by atoms with Crippen LogP contribution in [0.1, 0.15) is 16.2 Å². The van der Waals surface area contributed by atoms with Crippen molar-refractivity contribution in [3.05, 3.63) is 21.9 Å². The molecule has 1 N–H and O–H groups in total. The topological polar surface area (TPSA) is 29.5 Å². The number of alkyl halides is 2. The summed E-state index contributed by atoms with van der Waals surface area (Å²) in [4.78, 5) is 1.72. The Bertz CT molecular complexity index is 366. The molecule has 0 saturated carbocycles. The van der Waals surface area contributed by atoms with Crippen LogP contribution in [-0.2, 0) is 11.3 Å². The molecule has 16 heavy (non-hydrogen) atoms. The Morgan fingerprint density at radius 3 is 2.94 bits per heavy atom. The van der Waals surface area contributed by atoms with Gasteiger partial charge in [0, 0.05) is 11.3 Å². The Balaban J connectivity index is 2.37. The summed E-state index contributed by atoms with van der Waals surface area (Å²) in [7, 11) is 0.